The van der Waals surface area contributed by atoms with Gasteiger partial charge in [-0.2, -0.15) is 0 Å². The average Bonchev–Trinajstić information content (AvgIpc) is 2.37. The van der Waals surface area contributed by atoms with Crippen molar-refractivity contribution in [3.8, 4) is 16.9 Å². The third-order valence-electron chi connectivity index (χ3n) is 2.96. The zero-order valence-corrected chi connectivity index (χ0v) is 11.6. The second kappa shape index (κ2) is 4.85. The van der Waals surface area contributed by atoms with E-state index in [1.165, 1.54) is 18.2 Å². The van der Waals surface area contributed by atoms with Crippen LogP contribution in [0.5, 0.6) is 5.75 Å². The summed E-state index contributed by atoms with van der Waals surface area (Å²) in [4.78, 5) is 11.7. The number of benzene rings is 2. The Bertz CT molecular complexity index is 848. The first-order chi connectivity index (χ1) is 9.56. The van der Waals surface area contributed by atoms with Gasteiger partial charge in [0.1, 0.15) is 11.3 Å². The number of rotatable bonds is 1. The molecule has 20 heavy (non-hydrogen) atoms. The van der Waals surface area contributed by atoms with Gasteiger partial charge in [0.05, 0.1) is 0 Å². The summed E-state index contributed by atoms with van der Waals surface area (Å²) in [7, 11) is 0. The van der Waals surface area contributed by atoms with Gasteiger partial charge in [-0.15, -0.1) is 0 Å². The second-order valence-corrected chi connectivity index (χ2v) is 5.07. The average molecular weight is 307 g/mol. The van der Waals surface area contributed by atoms with Gasteiger partial charge < -0.3 is 9.52 Å². The maximum atomic E-state index is 11.7. The lowest BCUT2D eigenvalue weighted by Crippen LogP contribution is -1.98. The molecule has 3 rings (SSSR count). The van der Waals surface area contributed by atoms with Crippen LogP contribution in [0.15, 0.2) is 51.7 Å². The van der Waals surface area contributed by atoms with Gasteiger partial charge in [-0.05, 0) is 24.3 Å². The fourth-order valence-electron chi connectivity index (χ4n) is 2.11. The highest BCUT2D eigenvalue weighted by Crippen LogP contribution is 2.38. The molecule has 0 fully saturated rings. The number of hydrogen-bond acceptors (Lipinski definition) is 3. The third-order valence-corrected chi connectivity index (χ3v) is 3.59. The van der Waals surface area contributed by atoms with Gasteiger partial charge in [0.15, 0.2) is 0 Å². The van der Waals surface area contributed by atoms with Gasteiger partial charge in [-0.3, -0.25) is 0 Å². The van der Waals surface area contributed by atoms with Gasteiger partial charge in [-0.1, -0.05) is 29.3 Å². The fraction of sp³-hybridized carbons (Fsp3) is 0. The number of halogens is 2. The Hall–Kier alpha value is -1.97. The van der Waals surface area contributed by atoms with Crippen LogP contribution in [0.3, 0.4) is 0 Å². The molecule has 100 valence electrons. The molecular formula is C15H8Cl2O3. The van der Waals surface area contributed by atoms with Crippen LogP contribution >= 0.6 is 23.2 Å². The zero-order valence-electron chi connectivity index (χ0n) is 10.1. The minimum Gasteiger partial charge on any atom is -0.508 e. The Kier molecular flexibility index (Phi) is 3.16. The van der Waals surface area contributed by atoms with Crippen molar-refractivity contribution in [2.45, 2.75) is 0 Å². The van der Waals surface area contributed by atoms with Crippen LogP contribution in [0.4, 0.5) is 0 Å². The summed E-state index contributed by atoms with van der Waals surface area (Å²) >= 11 is 12.4. The van der Waals surface area contributed by atoms with Crippen LogP contribution in [0.25, 0.3) is 22.1 Å². The number of fused-ring (bicyclic) bond motifs is 1. The summed E-state index contributed by atoms with van der Waals surface area (Å²) in [6.45, 7) is 0. The molecule has 0 amide bonds. The largest absolute Gasteiger partial charge is 0.508 e. The van der Waals surface area contributed by atoms with E-state index in [9.17, 15) is 9.90 Å². The van der Waals surface area contributed by atoms with Crippen molar-refractivity contribution in [1.82, 2.24) is 0 Å². The number of aromatic hydroxyl groups is 1. The van der Waals surface area contributed by atoms with Crippen LogP contribution in [0.1, 0.15) is 0 Å². The maximum absolute atomic E-state index is 11.7. The minimum absolute atomic E-state index is 0.0167. The quantitative estimate of drug-likeness (QED) is 0.675. The molecule has 1 aromatic heterocycles. The Morgan fingerprint density at radius 1 is 1.00 bits per heavy atom. The molecule has 0 spiro atoms. The molecule has 5 heteroatoms. The fourth-order valence-corrected chi connectivity index (χ4v) is 2.71. The summed E-state index contributed by atoms with van der Waals surface area (Å²) in [6, 6.07) is 11.0. The molecule has 0 aliphatic heterocycles. The highest BCUT2D eigenvalue weighted by molar-refractivity contribution is 6.39. The monoisotopic (exact) mass is 306 g/mol. The van der Waals surface area contributed by atoms with Crippen molar-refractivity contribution in [2.24, 2.45) is 0 Å². The molecule has 1 heterocycles. The number of hydrogen-bond donors (Lipinski definition) is 1. The van der Waals surface area contributed by atoms with Crippen LogP contribution in [0.2, 0.25) is 10.0 Å². The van der Waals surface area contributed by atoms with Crippen LogP contribution in [-0.4, -0.2) is 5.11 Å². The topological polar surface area (TPSA) is 50.4 Å². The maximum Gasteiger partial charge on any atom is 0.336 e. The molecule has 0 aliphatic carbocycles. The van der Waals surface area contributed by atoms with Crippen molar-refractivity contribution < 1.29 is 9.52 Å². The van der Waals surface area contributed by atoms with Crippen LogP contribution in [0, 0.1) is 0 Å². The highest BCUT2D eigenvalue weighted by atomic mass is 35.5. The molecule has 0 bridgehead atoms. The smallest absolute Gasteiger partial charge is 0.336 e. The first-order valence-corrected chi connectivity index (χ1v) is 6.53. The minimum atomic E-state index is -0.533. The van der Waals surface area contributed by atoms with Crippen molar-refractivity contribution in [1.29, 1.82) is 0 Å². The van der Waals surface area contributed by atoms with Crippen LogP contribution in [-0.2, 0) is 0 Å². The highest BCUT2D eigenvalue weighted by Gasteiger charge is 2.14. The zero-order chi connectivity index (χ0) is 14.3. The molecule has 1 N–H and O–H groups in total. The molecular weight excluding hydrogens is 299 g/mol. The standard InChI is InChI=1S/C15H8Cl2O3/c16-11-2-1-3-12(17)15(11)10-7-14(19)20-13-6-8(18)4-5-9(10)13/h1-7,18H. The van der Waals surface area contributed by atoms with Crippen molar-refractivity contribution >= 4 is 34.2 Å². The van der Waals surface area contributed by atoms with E-state index in [-0.39, 0.29) is 11.3 Å². The Labute approximate surface area is 124 Å². The lowest BCUT2D eigenvalue weighted by molar-refractivity contribution is 0.473. The van der Waals surface area contributed by atoms with E-state index in [0.717, 1.165) is 0 Å². The molecule has 0 unspecified atom stereocenters. The third kappa shape index (κ3) is 2.15. The first kappa shape index (κ1) is 13.0. The molecule has 0 saturated carbocycles. The van der Waals surface area contributed by atoms with Crippen molar-refractivity contribution in [3.05, 3.63) is 62.9 Å². The first-order valence-electron chi connectivity index (χ1n) is 5.77. The van der Waals surface area contributed by atoms with Gasteiger partial charge >= 0.3 is 5.63 Å². The van der Waals surface area contributed by atoms with Crippen LogP contribution < -0.4 is 5.63 Å². The van der Waals surface area contributed by atoms with Crippen molar-refractivity contribution in [2.75, 3.05) is 0 Å². The van der Waals surface area contributed by atoms with Gasteiger partial charge in [-0.25, -0.2) is 4.79 Å². The van der Waals surface area contributed by atoms with E-state index in [1.54, 1.807) is 24.3 Å². The summed E-state index contributed by atoms with van der Waals surface area (Å²) in [5, 5.41) is 11.0. The number of phenols is 1. The molecule has 0 aliphatic rings. The summed E-state index contributed by atoms with van der Waals surface area (Å²) < 4.78 is 5.08. The molecule has 3 nitrogen and oxygen atoms in total. The summed E-state index contributed by atoms with van der Waals surface area (Å²) in [5.41, 5.74) is 0.892. The van der Waals surface area contributed by atoms with Crippen molar-refractivity contribution in [3.63, 3.8) is 0 Å². The predicted octanol–water partition coefficient (Wildman–Crippen LogP) is 4.47. The van der Waals surface area contributed by atoms with E-state index >= 15 is 0 Å². The Balaban J connectivity index is 2.45. The molecule has 3 aromatic rings. The molecule has 0 saturated heterocycles. The molecule has 0 atom stereocenters. The number of phenolic OH excluding ortho intramolecular Hbond substituents is 1. The molecule has 0 radical (unpaired) electrons. The predicted molar refractivity (Wildman–Crippen MR) is 79.6 cm³/mol. The molecule has 2 aromatic carbocycles. The van der Waals surface area contributed by atoms with E-state index in [0.29, 0.717) is 26.6 Å². The van der Waals surface area contributed by atoms with Gasteiger partial charge in [0.2, 0.25) is 0 Å². The van der Waals surface area contributed by atoms with Gasteiger partial charge in [0, 0.05) is 38.7 Å². The lowest BCUT2D eigenvalue weighted by atomic mass is 10.0. The Morgan fingerprint density at radius 3 is 2.40 bits per heavy atom. The SMILES string of the molecule is O=c1cc(-c2c(Cl)cccc2Cl)c2ccc(O)cc2o1. The van der Waals surface area contributed by atoms with E-state index in [4.69, 9.17) is 27.6 Å². The van der Waals surface area contributed by atoms with E-state index < -0.39 is 5.63 Å². The van der Waals surface area contributed by atoms with E-state index in [1.807, 2.05) is 0 Å². The second-order valence-electron chi connectivity index (χ2n) is 4.26. The summed E-state index contributed by atoms with van der Waals surface area (Å²) in [6.07, 6.45) is 0. The normalized spacial score (nSPS) is 10.9. The lowest BCUT2D eigenvalue weighted by Gasteiger charge is -2.09. The van der Waals surface area contributed by atoms with E-state index in [2.05, 4.69) is 0 Å². The van der Waals surface area contributed by atoms with Gasteiger partial charge in [0.25, 0.3) is 0 Å². The summed E-state index contributed by atoms with van der Waals surface area (Å²) in [5.74, 6) is 0.0167. The Morgan fingerprint density at radius 2 is 1.70 bits per heavy atom.